The van der Waals surface area contributed by atoms with Crippen molar-refractivity contribution in [1.82, 2.24) is 0 Å². The van der Waals surface area contributed by atoms with Crippen LogP contribution in [-0.4, -0.2) is 24.6 Å². The Labute approximate surface area is 173 Å². The van der Waals surface area contributed by atoms with Crippen LogP contribution in [0.4, 0.5) is 0 Å². The number of aromatic hydroxyl groups is 1. The molecular formula is C25H44O3. The summed E-state index contributed by atoms with van der Waals surface area (Å²) in [5, 5.41) is 9.47. The summed E-state index contributed by atoms with van der Waals surface area (Å²) in [6.45, 7) is 7.76. The van der Waals surface area contributed by atoms with E-state index in [-0.39, 0.29) is 6.29 Å². The van der Waals surface area contributed by atoms with E-state index in [2.05, 4.69) is 6.92 Å². The van der Waals surface area contributed by atoms with Gasteiger partial charge in [0.2, 0.25) is 0 Å². The highest BCUT2D eigenvalue weighted by Gasteiger charge is 2.14. The van der Waals surface area contributed by atoms with E-state index >= 15 is 0 Å². The van der Waals surface area contributed by atoms with Gasteiger partial charge in [-0.05, 0) is 63.1 Å². The molecular weight excluding hydrogens is 348 g/mol. The zero-order valence-electron chi connectivity index (χ0n) is 18.6. The van der Waals surface area contributed by atoms with Gasteiger partial charge in [-0.3, -0.25) is 0 Å². The van der Waals surface area contributed by atoms with Crippen LogP contribution in [-0.2, 0) is 15.9 Å². The number of ether oxygens (including phenoxy) is 2. The first-order chi connectivity index (χ1) is 13.7. The van der Waals surface area contributed by atoms with Crippen molar-refractivity contribution in [2.24, 2.45) is 5.92 Å². The summed E-state index contributed by atoms with van der Waals surface area (Å²) < 4.78 is 11.5. The van der Waals surface area contributed by atoms with Crippen molar-refractivity contribution in [3.63, 3.8) is 0 Å². The van der Waals surface area contributed by atoms with Crippen molar-refractivity contribution in [2.45, 2.75) is 104 Å². The summed E-state index contributed by atoms with van der Waals surface area (Å²) in [5.74, 6) is 1.06. The average Bonchev–Trinajstić information content (AvgIpc) is 2.70. The van der Waals surface area contributed by atoms with Gasteiger partial charge in [-0.25, -0.2) is 0 Å². The average molecular weight is 393 g/mol. The van der Waals surface area contributed by atoms with E-state index in [0.717, 1.165) is 12.8 Å². The zero-order chi connectivity index (χ0) is 20.5. The molecule has 1 aromatic carbocycles. The fourth-order valence-corrected chi connectivity index (χ4v) is 3.81. The van der Waals surface area contributed by atoms with Gasteiger partial charge in [-0.15, -0.1) is 0 Å². The molecule has 0 bridgehead atoms. The van der Waals surface area contributed by atoms with Gasteiger partial charge in [0.05, 0.1) is 0 Å². The van der Waals surface area contributed by atoms with Gasteiger partial charge in [0.15, 0.2) is 6.29 Å². The third-order valence-corrected chi connectivity index (χ3v) is 5.51. The van der Waals surface area contributed by atoms with Crippen LogP contribution in [0.5, 0.6) is 5.75 Å². The molecule has 0 aromatic heterocycles. The van der Waals surface area contributed by atoms with E-state index in [9.17, 15) is 5.11 Å². The second kappa shape index (κ2) is 16.9. The first-order valence-corrected chi connectivity index (χ1v) is 11.7. The largest absolute Gasteiger partial charge is 0.508 e. The van der Waals surface area contributed by atoms with Gasteiger partial charge >= 0.3 is 0 Å². The molecule has 1 unspecified atom stereocenters. The molecule has 162 valence electrons. The Kier molecular flexibility index (Phi) is 15.0. The number of phenols is 1. The maximum Gasteiger partial charge on any atom is 0.157 e. The summed E-state index contributed by atoms with van der Waals surface area (Å²) in [5.41, 5.74) is 1.31. The third kappa shape index (κ3) is 12.4. The summed E-state index contributed by atoms with van der Waals surface area (Å²) in [6.07, 6.45) is 15.2. The van der Waals surface area contributed by atoms with E-state index in [1.165, 1.54) is 69.8 Å². The minimum absolute atomic E-state index is 0.0554. The van der Waals surface area contributed by atoms with Crippen LogP contribution in [0.25, 0.3) is 0 Å². The van der Waals surface area contributed by atoms with Crippen LogP contribution in [0.3, 0.4) is 0 Å². The molecule has 0 aliphatic carbocycles. The van der Waals surface area contributed by atoms with E-state index in [1.807, 2.05) is 26.0 Å². The topological polar surface area (TPSA) is 38.7 Å². The molecule has 28 heavy (non-hydrogen) atoms. The monoisotopic (exact) mass is 392 g/mol. The van der Waals surface area contributed by atoms with Gasteiger partial charge < -0.3 is 14.6 Å². The van der Waals surface area contributed by atoms with Crippen LogP contribution >= 0.6 is 0 Å². The number of unbranched alkanes of at least 4 members (excludes halogenated alkanes) is 6. The maximum atomic E-state index is 9.47. The normalized spacial score (nSPS) is 12.6. The summed E-state index contributed by atoms with van der Waals surface area (Å²) in [6, 6.07) is 7.67. The smallest absolute Gasteiger partial charge is 0.157 e. The SMILES string of the molecule is CCCCCCCCCC(CCc1ccc(O)cc1)CCC(OCC)OCC. The molecule has 0 saturated heterocycles. The molecule has 0 aliphatic heterocycles. The molecule has 0 fully saturated rings. The van der Waals surface area contributed by atoms with Crippen LogP contribution in [0.15, 0.2) is 24.3 Å². The van der Waals surface area contributed by atoms with E-state index in [1.54, 1.807) is 12.1 Å². The molecule has 1 aromatic rings. The van der Waals surface area contributed by atoms with Gasteiger partial charge in [-0.2, -0.15) is 0 Å². The third-order valence-electron chi connectivity index (χ3n) is 5.51. The van der Waals surface area contributed by atoms with Crippen LogP contribution in [0, 0.1) is 5.92 Å². The molecule has 3 nitrogen and oxygen atoms in total. The van der Waals surface area contributed by atoms with Crippen molar-refractivity contribution in [3.8, 4) is 5.75 Å². The zero-order valence-corrected chi connectivity index (χ0v) is 18.6. The number of phenolic OH excluding ortho intramolecular Hbond substituents is 1. The molecule has 0 spiro atoms. The molecule has 0 amide bonds. The second-order valence-electron chi connectivity index (χ2n) is 7.90. The molecule has 1 atom stereocenters. The highest BCUT2D eigenvalue weighted by molar-refractivity contribution is 5.25. The van der Waals surface area contributed by atoms with Gasteiger partial charge in [0.1, 0.15) is 5.75 Å². The number of aryl methyl sites for hydroxylation is 1. The summed E-state index contributed by atoms with van der Waals surface area (Å²) in [7, 11) is 0. The Balaban J connectivity index is 2.42. The molecule has 0 radical (unpaired) electrons. The number of benzene rings is 1. The van der Waals surface area contributed by atoms with Crippen molar-refractivity contribution in [2.75, 3.05) is 13.2 Å². The Morgan fingerprint density at radius 3 is 1.93 bits per heavy atom. The van der Waals surface area contributed by atoms with E-state index in [4.69, 9.17) is 9.47 Å². The Bertz CT molecular complexity index is 451. The van der Waals surface area contributed by atoms with E-state index < -0.39 is 0 Å². The molecule has 1 rings (SSSR count). The Morgan fingerprint density at radius 2 is 1.32 bits per heavy atom. The van der Waals surface area contributed by atoms with Crippen molar-refractivity contribution >= 4 is 0 Å². The van der Waals surface area contributed by atoms with Crippen molar-refractivity contribution < 1.29 is 14.6 Å². The van der Waals surface area contributed by atoms with Gasteiger partial charge in [-0.1, -0.05) is 70.4 Å². The fraction of sp³-hybridized carbons (Fsp3) is 0.760. The lowest BCUT2D eigenvalue weighted by atomic mass is 9.90. The predicted octanol–water partition coefficient (Wildman–Crippen LogP) is 7.26. The molecule has 3 heteroatoms. The lowest BCUT2D eigenvalue weighted by molar-refractivity contribution is -0.141. The number of hydrogen-bond acceptors (Lipinski definition) is 3. The first-order valence-electron chi connectivity index (χ1n) is 11.7. The second-order valence-corrected chi connectivity index (χ2v) is 7.90. The molecule has 0 heterocycles. The highest BCUT2D eigenvalue weighted by Crippen LogP contribution is 2.24. The van der Waals surface area contributed by atoms with Crippen LogP contribution in [0.1, 0.15) is 97.0 Å². The molecule has 1 N–H and O–H groups in total. The Morgan fingerprint density at radius 1 is 0.714 bits per heavy atom. The van der Waals surface area contributed by atoms with Gasteiger partial charge in [0, 0.05) is 13.2 Å². The lowest BCUT2D eigenvalue weighted by Gasteiger charge is -2.21. The van der Waals surface area contributed by atoms with Gasteiger partial charge in [0.25, 0.3) is 0 Å². The predicted molar refractivity (Wildman–Crippen MR) is 119 cm³/mol. The van der Waals surface area contributed by atoms with Crippen molar-refractivity contribution in [1.29, 1.82) is 0 Å². The summed E-state index contributed by atoms with van der Waals surface area (Å²) >= 11 is 0. The van der Waals surface area contributed by atoms with Crippen LogP contribution in [0.2, 0.25) is 0 Å². The van der Waals surface area contributed by atoms with Crippen LogP contribution < -0.4 is 0 Å². The summed E-state index contributed by atoms with van der Waals surface area (Å²) in [4.78, 5) is 0. The maximum absolute atomic E-state index is 9.47. The fourth-order valence-electron chi connectivity index (χ4n) is 3.81. The minimum Gasteiger partial charge on any atom is -0.508 e. The number of rotatable bonds is 18. The molecule has 0 saturated carbocycles. The van der Waals surface area contributed by atoms with E-state index in [0.29, 0.717) is 24.9 Å². The standard InChI is InChI=1S/C25H44O3/c1-4-7-8-9-10-11-12-13-22(18-21-25(27-5-2)28-6-3)14-15-23-16-19-24(26)20-17-23/h16-17,19-20,22,25-26H,4-15,18,21H2,1-3H3. The molecule has 0 aliphatic rings. The highest BCUT2D eigenvalue weighted by atomic mass is 16.7. The first kappa shape index (κ1) is 25.0. The minimum atomic E-state index is -0.0554. The van der Waals surface area contributed by atoms with Crippen molar-refractivity contribution in [3.05, 3.63) is 29.8 Å². The quantitative estimate of drug-likeness (QED) is 0.211. The number of hydrogen-bond donors (Lipinski definition) is 1. The lowest BCUT2D eigenvalue weighted by Crippen LogP contribution is -2.19. The Hall–Kier alpha value is -1.06.